The summed E-state index contributed by atoms with van der Waals surface area (Å²) >= 11 is 0. The summed E-state index contributed by atoms with van der Waals surface area (Å²) in [5.74, 6) is 2.16. The van der Waals surface area contributed by atoms with Gasteiger partial charge in [-0.2, -0.15) is 5.10 Å². The standard InChI is InChI=1S/C25H26N4O/c1-28(2)17-18-14-21(15-18)29-13-12-23(27-29)20-9-8-19-10-11-25(26-24(19)16-20)30-22-6-4-3-5-7-22/h3-13,16,18,21H,14-15,17H2,1-2H3. The highest BCUT2D eigenvalue weighted by molar-refractivity contribution is 5.84. The lowest BCUT2D eigenvalue weighted by molar-refractivity contribution is 0.146. The molecule has 0 spiro atoms. The van der Waals surface area contributed by atoms with E-state index in [-0.39, 0.29) is 0 Å². The fourth-order valence-electron chi connectivity index (χ4n) is 4.20. The number of rotatable bonds is 6. The summed E-state index contributed by atoms with van der Waals surface area (Å²) in [4.78, 5) is 6.97. The minimum atomic E-state index is 0.521. The molecule has 0 atom stereocenters. The number of aromatic nitrogens is 3. The van der Waals surface area contributed by atoms with Crippen molar-refractivity contribution in [1.82, 2.24) is 19.7 Å². The van der Waals surface area contributed by atoms with Gasteiger partial charge in [0.2, 0.25) is 5.88 Å². The second-order valence-corrected chi connectivity index (χ2v) is 8.41. The first-order chi connectivity index (χ1) is 14.6. The van der Waals surface area contributed by atoms with Gasteiger partial charge in [0.1, 0.15) is 5.75 Å². The quantitative estimate of drug-likeness (QED) is 0.436. The van der Waals surface area contributed by atoms with Gasteiger partial charge in [0.25, 0.3) is 0 Å². The van der Waals surface area contributed by atoms with E-state index in [4.69, 9.17) is 14.8 Å². The van der Waals surface area contributed by atoms with Gasteiger partial charge in [0.15, 0.2) is 0 Å². The predicted octanol–water partition coefficient (Wildman–Crippen LogP) is 5.40. The van der Waals surface area contributed by atoms with E-state index in [0.717, 1.165) is 40.4 Å². The average Bonchev–Trinajstić information content (AvgIpc) is 3.20. The molecule has 30 heavy (non-hydrogen) atoms. The molecule has 1 aliphatic carbocycles. The van der Waals surface area contributed by atoms with Crippen LogP contribution < -0.4 is 4.74 Å². The molecular formula is C25H26N4O. The van der Waals surface area contributed by atoms with Crippen molar-refractivity contribution in [1.29, 1.82) is 0 Å². The van der Waals surface area contributed by atoms with Gasteiger partial charge in [-0.25, -0.2) is 4.98 Å². The van der Waals surface area contributed by atoms with Crippen LogP contribution in [0.25, 0.3) is 22.2 Å². The van der Waals surface area contributed by atoms with Gasteiger partial charge in [-0.1, -0.05) is 30.3 Å². The molecule has 0 aliphatic heterocycles. The Morgan fingerprint density at radius 3 is 2.60 bits per heavy atom. The van der Waals surface area contributed by atoms with Crippen molar-refractivity contribution < 1.29 is 4.74 Å². The number of hydrogen-bond acceptors (Lipinski definition) is 4. The Morgan fingerprint density at radius 1 is 1.00 bits per heavy atom. The minimum absolute atomic E-state index is 0.521. The van der Waals surface area contributed by atoms with Gasteiger partial charge in [0, 0.05) is 29.8 Å². The normalized spacial score (nSPS) is 18.5. The lowest BCUT2D eigenvalue weighted by atomic mass is 9.80. The maximum Gasteiger partial charge on any atom is 0.219 e. The Balaban J connectivity index is 1.34. The second kappa shape index (κ2) is 7.92. The lowest BCUT2D eigenvalue weighted by Gasteiger charge is -2.36. The van der Waals surface area contributed by atoms with E-state index in [1.807, 2.05) is 42.5 Å². The van der Waals surface area contributed by atoms with E-state index in [1.54, 1.807) is 0 Å². The van der Waals surface area contributed by atoms with Crippen LogP contribution in [0.5, 0.6) is 11.6 Å². The molecule has 152 valence electrons. The van der Waals surface area contributed by atoms with Gasteiger partial charge in [0.05, 0.1) is 17.3 Å². The Kier molecular flexibility index (Phi) is 4.97. The fraction of sp³-hybridized carbons (Fsp3) is 0.280. The maximum atomic E-state index is 5.89. The highest BCUT2D eigenvalue weighted by Gasteiger charge is 2.31. The molecule has 4 aromatic rings. The highest BCUT2D eigenvalue weighted by atomic mass is 16.5. The number of hydrogen-bond donors (Lipinski definition) is 0. The lowest BCUT2D eigenvalue weighted by Crippen LogP contribution is -2.34. The third-order valence-electron chi connectivity index (χ3n) is 5.74. The van der Waals surface area contributed by atoms with E-state index < -0.39 is 0 Å². The van der Waals surface area contributed by atoms with Crippen LogP contribution in [0.1, 0.15) is 18.9 Å². The summed E-state index contributed by atoms with van der Waals surface area (Å²) in [5.41, 5.74) is 2.98. The van der Waals surface area contributed by atoms with Gasteiger partial charge < -0.3 is 9.64 Å². The SMILES string of the molecule is CN(C)CC1CC(n2ccc(-c3ccc4ccc(Oc5ccccc5)nc4c3)n2)C1. The van der Waals surface area contributed by atoms with E-state index in [9.17, 15) is 0 Å². The molecule has 0 N–H and O–H groups in total. The zero-order valence-electron chi connectivity index (χ0n) is 17.4. The molecule has 1 saturated carbocycles. The molecule has 1 aliphatic rings. The molecule has 5 heteroatoms. The Bertz CT molecular complexity index is 1150. The number of nitrogens with zero attached hydrogens (tertiary/aromatic N) is 4. The molecule has 0 amide bonds. The summed E-state index contributed by atoms with van der Waals surface area (Å²) in [7, 11) is 4.28. The van der Waals surface area contributed by atoms with Crippen LogP contribution in [-0.4, -0.2) is 40.3 Å². The van der Waals surface area contributed by atoms with Crippen molar-refractivity contribution in [2.24, 2.45) is 5.92 Å². The average molecular weight is 399 g/mol. The summed E-state index contributed by atoms with van der Waals surface area (Å²) < 4.78 is 8.03. The Hall–Kier alpha value is -3.18. The van der Waals surface area contributed by atoms with Crippen LogP contribution in [0.15, 0.2) is 72.9 Å². The zero-order valence-corrected chi connectivity index (χ0v) is 17.4. The Labute approximate surface area is 176 Å². The predicted molar refractivity (Wildman–Crippen MR) is 120 cm³/mol. The topological polar surface area (TPSA) is 43.2 Å². The number of fused-ring (bicyclic) bond motifs is 1. The van der Waals surface area contributed by atoms with Crippen LogP contribution >= 0.6 is 0 Å². The van der Waals surface area contributed by atoms with Gasteiger partial charge in [-0.15, -0.1) is 0 Å². The number of benzene rings is 2. The van der Waals surface area contributed by atoms with Gasteiger partial charge >= 0.3 is 0 Å². The molecule has 1 fully saturated rings. The first kappa shape index (κ1) is 18.8. The molecule has 2 aromatic carbocycles. The molecular weight excluding hydrogens is 372 g/mol. The first-order valence-electron chi connectivity index (χ1n) is 10.5. The summed E-state index contributed by atoms with van der Waals surface area (Å²) in [5, 5.41) is 5.94. The number of para-hydroxylation sites is 1. The third kappa shape index (κ3) is 3.94. The highest BCUT2D eigenvalue weighted by Crippen LogP contribution is 2.38. The van der Waals surface area contributed by atoms with E-state index in [0.29, 0.717) is 11.9 Å². The van der Waals surface area contributed by atoms with Crippen molar-refractivity contribution in [2.45, 2.75) is 18.9 Å². The van der Waals surface area contributed by atoms with Gasteiger partial charge in [-0.05, 0) is 63.2 Å². The molecule has 0 unspecified atom stereocenters. The van der Waals surface area contributed by atoms with Crippen LogP contribution in [-0.2, 0) is 0 Å². The summed E-state index contributed by atoms with van der Waals surface area (Å²) in [6, 6.07) is 22.6. The fourth-order valence-corrected chi connectivity index (χ4v) is 4.20. The van der Waals surface area contributed by atoms with Gasteiger partial charge in [-0.3, -0.25) is 4.68 Å². The largest absolute Gasteiger partial charge is 0.439 e. The van der Waals surface area contributed by atoms with E-state index in [1.165, 1.54) is 12.8 Å². The third-order valence-corrected chi connectivity index (χ3v) is 5.74. The smallest absolute Gasteiger partial charge is 0.219 e. The minimum Gasteiger partial charge on any atom is -0.439 e. The molecule has 0 saturated heterocycles. The zero-order chi connectivity index (χ0) is 20.5. The van der Waals surface area contributed by atoms with Crippen LogP contribution in [0.4, 0.5) is 0 Å². The Morgan fingerprint density at radius 2 is 1.80 bits per heavy atom. The number of pyridine rings is 1. The molecule has 0 bridgehead atoms. The molecule has 5 rings (SSSR count). The van der Waals surface area contributed by atoms with E-state index in [2.05, 4.69) is 54.1 Å². The van der Waals surface area contributed by atoms with Crippen molar-refractivity contribution >= 4 is 10.9 Å². The van der Waals surface area contributed by atoms with E-state index >= 15 is 0 Å². The monoisotopic (exact) mass is 398 g/mol. The summed E-state index contributed by atoms with van der Waals surface area (Å²) in [6.45, 7) is 1.16. The van der Waals surface area contributed by atoms with Crippen molar-refractivity contribution in [3.63, 3.8) is 0 Å². The van der Waals surface area contributed by atoms with Crippen molar-refractivity contribution in [3.05, 3.63) is 72.9 Å². The van der Waals surface area contributed by atoms with Crippen LogP contribution in [0.3, 0.4) is 0 Å². The first-order valence-corrected chi connectivity index (χ1v) is 10.5. The second-order valence-electron chi connectivity index (χ2n) is 8.41. The van der Waals surface area contributed by atoms with Crippen LogP contribution in [0, 0.1) is 5.92 Å². The van der Waals surface area contributed by atoms with Crippen molar-refractivity contribution in [2.75, 3.05) is 20.6 Å². The van der Waals surface area contributed by atoms with Crippen molar-refractivity contribution in [3.8, 4) is 22.9 Å². The maximum absolute atomic E-state index is 5.89. The molecule has 0 radical (unpaired) electrons. The van der Waals surface area contributed by atoms with Crippen LogP contribution in [0.2, 0.25) is 0 Å². The molecule has 5 nitrogen and oxygen atoms in total. The number of ether oxygens (including phenoxy) is 1. The summed E-state index contributed by atoms with van der Waals surface area (Å²) in [6.07, 6.45) is 4.52. The molecule has 2 heterocycles. The molecule has 2 aromatic heterocycles.